The molecule has 80 valence electrons. The van der Waals surface area contributed by atoms with Crippen molar-refractivity contribution in [3.8, 4) is 12.3 Å². The van der Waals surface area contributed by atoms with Crippen LogP contribution in [0.5, 0.6) is 0 Å². The van der Waals surface area contributed by atoms with Crippen LogP contribution in [0.3, 0.4) is 0 Å². The Hall–Kier alpha value is -1.77. The van der Waals surface area contributed by atoms with Crippen molar-refractivity contribution in [3.05, 3.63) is 0 Å². The van der Waals surface area contributed by atoms with Crippen LogP contribution in [0, 0.1) is 12.3 Å². The Morgan fingerprint density at radius 2 is 1.80 bits per heavy atom. The van der Waals surface area contributed by atoms with Crippen molar-refractivity contribution in [2.75, 3.05) is 6.61 Å². The van der Waals surface area contributed by atoms with Crippen LogP contribution in [0.4, 0.5) is 0 Å². The molecule has 0 aromatic heterocycles. The molecule has 0 atom stereocenters. The van der Waals surface area contributed by atoms with E-state index in [2.05, 4.69) is 14.2 Å². The van der Waals surface area contributed by atoms with Crippen LogP contribution in [-0.4, -0.2) is 32.2 Å². The van der Waals surface area contributed by atoms with E-state index in [0.717, 1.165) is 12.2 Å². The van der Waals surface area contributed by atoms with Gasteiger partial charge in [0.1, 0.15) is 0 Å². The van der Waals surface area contributed by atoms with Crippen LogP contribution in [0.1, 0.15) is 6.92 Å². The lowest BCUT2D eigenvalue weighted by molar-refractivity contribution is 0.324. The highest BCUT2D eigenvalue weighted by Crippen LogP contribution is 2.21. The molecule has 0 bridgehead atoms. The van der Waals surface area contributed by atoms with E-state index in [-0.39, 0.29) is 6.61 Å². The summed E-state index contributed by atoms with van der Waals surface area (Å²) in [6, 6.07) is 0. The summed E-state index contributed by atoms with van der Waals surface area (Å²) in [7, 11) is -4.50. The molecule has 7 nitrogen and oxygen atoms in total. The van der Waals surface area contributed by atoms with Gasteiger partial charge in [0.2, 0.25) is 12.2 Å². The van der Waals surface area contributed by atoms with Gasteiger partial charge in [-0.3, -0.25) is 4.18 Å². The maximum absolute atomic E-state index is 11.4. The molecule has 0 saturated carbocycles. The fourth-order valence-electron chi connectivity index (χ4n) is 0.635. The molecule has 15 heavy (non-hydrogen) atoms. The third kappa shape index (κ3) is 2.59. The Labute approximate surface area is 86.0 Å². The molecule has 0 radical (unpaired) electrons. The normalized spacial score (nSPS) is 13.9. The van der Waals surface area contributed by atoms with Crippen molar-refractivity contribution < 1.29 is 22.2 Å². The summed E-state index contributed by atoms with van der Waals surface area (Å²) in [5.74, 6) is 1.57. The molecule has 0 spiro atoms. The van der Waals surface area contributed by atoms with Crippen LogP contribution >= 0.6 is 0 Å². The standard InChI is InChI=1S/C7H6N2O5S/c1-3-7(8-5-10,9-6-11)15(12,13)14-4-2/h1H,4H2,2H3. The van der Waals surface area contributed by atoms with Gasteiger partial charge in [-0.1, -0.05) is 0 Å². The van der Waals surface area contributed by atoms with Crippen molar-refractivity contribution >= 4 is 22.3 Å². The quantitative estimate of drug-likeness (QED) is 0.269. The predicted octanol–water partition coefficient (Wildman–Crippen LogP) is -0.689. The Bertz CT molecular complexity index is 444. The minimum absolute atomic E-state index is 0.242. The number of carbonyl (C=O) groups excluding carboxylic acids is 2. The maximum atomic E-state index is 11.4. The second kappa shape index (κ2) is 5.20. The Kier molecular flexibility index (Phi) is 4.58. The molecule has 0 N–H and O–H groups in total. The van der Waals surface area contributed by atoms with E-state index < -0.39 is 15.1 Å². The van der Waals surface area contributed by atoms with Gasteiger partial charge >= 0.3 is 15.1 Å². The lowest BCUT2D eigenvalue weighted by Gasteiger charge is -2.14. The number of nitrogens with zero attached hydrogens (tertiary/aromatic N) is 2. The summed E-state index contributed by atoms with van der Waals surface area (Å²) in [4.78, 5) is 22.8. The zero-order valence-electron chi connectivity index (χ0n) is 7.63. The first-order valence-electron chi connectivity index (χ1n) is 3.54. The molecule has 0 saturated heterocycles. The highest BCUT2D eigenvalue weighted by Gasteiger charge is 2.44. The van der Waals surface area contributed by atoms with E-state index in [4.69, 9.17) is 6.42 Å². The number of hydrogen-bond acceptors (Lipinski definition) is 7. The molecule has 0 heterocycles. The van der Waals surface area contributed by atoms with E-state index in [1.807, 2.05) is 0 Å². The number of rotatable bonds is 5. The monoisotopic (exact) mass is 230 g/mol. The minimum Gasteiger partial charge on any atom is -0.266 e. The minimum atomic E-state index is -4.50. The molecule has 0 rings (SSSR count). The van der Waals surface area contributed by atoms with Crippen molar-refractivity contribution in [2.45, 2.75) is 11.9 Å². The van der Waals surface area contributed by atoms with Crippen molar-refractivity contribution in [2.24, 2.45) is 9.98 Å². The first kappa shape index (κ1) is 13.2. The average molecular weight is 230 g/mol. The lowest BCUT2D eigenvalue weighted by atomic mass is 10.5. The molecule has 0 aliphatic heterocycles. The molecule has 0 fully saturated rings. The molecule has 8 heteroatoms. The second-order valence-corrected chi connectivity index (χ2v) is 3.73. The molecule has 0 amide bonds. The van der Waals surface area contributed by atoms with E-state index in [1.54, 1.807) is 5.92 Å². The molecule has 0 unspecified atom stereocenters. The van der Waals surface area contributed by atoms with Crippen molar-refractivity contribution in [1.82, 2.24) is 0 Å². The summed E-state index contributed by atoms with van der Waals surface area (Å²) in [5, 5.41) is 0. The van der Waals surface area contributed by atoms with Crippen LogP contribution < -0.4 is 0 Å². The van der Waals surface area contributed by atoms with Crippen LogP contribution in [-0.2, 0) is 23.9 Å². The van der Waals surface area contributed by atoms with Gasteiger partial charge in [0.25, 0.3) is 0 Å². The van der Waals surface area contributed by atoms with E-state index in [0.29, 0.717) is 0 Å². The number of isocyanates is 2. The van der Waals surface area contributed by atoms with Gasteiger partial charge in [0, 0.05) is 0 Å². The van der Waals surface area contributed by atoms with Gasteiger partial charge < -0.3 is 0 Å². The molecule has 0 aliphatic carbocycles. The van der Waals surface area contributed by atoms with Crippen molar-refractivity contribution in [1.29, 1.82) is 0 Å². The number of aliphatic imine (C=N–C) groups is 2. The zero-order chi connectivity index (χ0) is 11.9. The molecule has 0 aliphatic rings. The summed E-state index contributed by atoms with van der Waals surface area (Å²) in [5.41, 5.74) is 0. The van der Waals surface area contributed by atoms with E-state index >= 15 is 0 Å². The smallest absolute Gasteiger partial charge is 0.266 e. The third-order valence-electron chi connectivity index (χ3n) is 1.20. The highest BCUT2D eigenvalue weighted by atomic mass is 32.2. The summed E-state index contributed by atoms with van der Waals surface area (Å²) >= 11 is 0. The second-order valence-electron chi connectivity index (χ2n) is 2.02. The van der Waals surface area contributed by atoms with Crippen molar-refractivity contribution in [3.63, 3.8) is 0 Å². The highest BCUT2D eigenvalue weighted by molar-refractivity contribution is 7.88. The van der Waals surface area contributed by atoms with Gasteiger partial charge in [0.15, 0.2) is 0 Å². The van der Waals surface area contributed by atoms with E-state index in [9.17, 15) is 18.0 Å². The summed E-state index contributed by atoms with van der Waals surface area (Å²) < 4.78 is 27.0. The lowest BCUT2D eigenvalue weighted by Crippen LogP contribution is -2.34. The third-order valence-corrected chi connectivity index (χ3v) is 2.75. The first-order valence-corrected chi connectivity index (χ1v) is 4.95. The Morgan fingerprint density at radius 1 is 1.33 bits per heavy atom. The SMILES string of the molecule is C#CC(N=C=O)(N=C=O)S(=O)(=O)OCC. The zero-order valence-corrected chi connectivity index (χ0v) is 8.44. The first-order chi connectivity index (χ1) is 6.99. The fraction of sp³-hybridized carbons (Fsp3) is 0.429. The summed E-state index contributed by atoms with van der Waals surface area (Å²) in [6.07, 6.45) is 6.66. The number of terminal acetylenes is 1. The van der Waals surface area contributed by atoms with Crippen LogP contribution in [0.25, 0.3) is 0 Å². The Morgan fingerprint density at radius 3 is 2.07 bits per heavy atom. The van der Waals surface area contributed by atoms with Gasteiger partial charge in [-0.25, -0.2) is 9.59 Å². The molecule has 0 aromatic rings. The fourth-order valence-corrected chi connectivity index (χ4v) is 1.55. The maximum Gasteiger partial charge on any atom is 0.361 e. The van der Waals surface area contributed by atoms with Gasteiger partial charge in [-0.15, -0.1) is 16.4 Å². The topological polar surface area (TPSA) is 102 Å². The van der Waals surface area contributed by atoms with Gasteiger partial charge in [-0.05, 0) is 12.8 Å². The van der Waals surface area contributed by atoms with E-state index in [1.165, 1.54) is 6.92 Å². The molecular weight excluding hydrogens is 224 g/mol. The average Bonchev–Trinajstić information content (AvgIpc) is 2.17. The van der Waals surface area contributed by atoms with Crippen LogP contribution in [0.2, 0.25) is 0 Å². The Balaban J connectivity index is 5.79. The largest absolute Gasteiger partial charge is 0.361 e. The molecular formula is C7H6N2O5S. The number of hydrogen-bond donors (Lipinski definition) is 0. The van der Waals surface area contributed by atoms with Gasteiger partial charge in [-0.2, -0.15) is 8.42 Å². The van der Waals surface area contributed by atoms with Crippen LogP contribution in [0.15, 0.2) is 9.98 Å². The van der Waals surface area contributed by atoms with Gasteiger partial charge in [0.05, 0.1) is 6.61 Å². The molecule has 0 aromatic carbocycles. The predicted molar refractivity (Wildman–Crippen MR) is 48.4 cm³/mol. The summed E-state index contributed by atoms with van der Waals surface area (Å²) in [6.45, 7) is 1.13.